The number of piperidine rings is 2. The van der Waals surface area contributed by atoms with Crippen molar-refractivity contribution in [2.75, 3.05) is 46.3 Å². The summed E-state index contributed by atoms with van der Waals surface area (Å²) in [6.07, 6.45) is 4.49. The number of rotatable bonds is 6. The van der Waals surface area contributed by atoms with Crippen LogP contribution in [-0.2, 0) is 4.74 Å². The zero-order valence-electron chi connectivity index (χ0n) is 18.4. The predicted octanol–water partition coefficient (Wildman–Crippen LogP) is 2.89. The van der Waals surface area contributed by atoms with Crippen LogP contribution in [0.25, 0.3) is 0 Å². The van der Waals surface area contributed by atoms with E-state index in [1.807, 2.05) is 25.7 Å². The molecule has 0 radical (unpaired) electrons. The number of nitrogens with zero attached hydrogens (tertiary/aromatic N) is 2. The third kappa shape index (κ3) is 6.91. The highest BCUT2D eigenvalue weighted by atomic mass is 16.6. The Hall–Kier alpha value is -0.850. The van der Waals surface area contributed by atoms with Crippen LogP contribution in [0.1, 0.15) is 60.3 Å². The average Bonchev–Trinajstić information content (AvgIpc) is 2.60. The minimum atomic E-state index is -0.428. The second-order valence-electron chi connectivity index (χ2n) is 9.68. The van der Waals surface area contributed by atoms with E-state index in [9.17, 15) is 4.79 Å². The Bertz CT molecular complexity index is 477. The number of ether oxygens (including phenoxy) is 1. The van der Waals surface area contributed by atoms with E-state index in [-0.39, 0.29) is 11.8 Å². The van der Waals surface area contributed by atoms with Crippen LogP contribution in [0.2, 0.25) is 0 Å². The average molecular weight is 383 g/mol. The van der Waals surface area contributed by atoms with Gasteiger partial charge in [-0.3, -0.25) is 10.2 Å². The molecule has 0 aromatic heterocycles. The largest absolute Gasteiger partial charge is 0.444 e. The van der Waals surface area contributed by atoms with Crippen LogP contribution in [0.15, 0.2) is 0 Å². The van der Waals surface area contributed by atoms with E-state index in [1.165, 1.54) is 19.3 Å². The lowest BCUT2D eigenvalue weighted by atomic mass is 9.86. The second-order valence-corrected chi connectivity index (χ2v) is 9.68. The minimum absolute atomic E-state index is 0.0343. The molecule has 2 heterocycles. The van der Waals surface area contributed by atoms with Crippen LogP contribution in [0.4, 0.5) is 4.79 Å². The van der Waals surface area contributed by atoms with Gasteiger partial charge in [-0.2, -0.15) is 0 Å². The number of carbonyl (C=O) groups excluding carboxylic acids is 1. The molecule has 158 valence electrons. The van der Waals surface area contributed by atoms with Crippen molar-refractivity contribution in [3.63, 3.8) is 0 Å². The van der Waals surface area contributed by atoms with Gasteiger partial charge in [0.15, 0.2) is 0 Å². The summed E-state index contributed by atoms with van der Waals surface area (Å²) < 4.78 is 5.56. The van der Waals surface area contributed by atoms with Gasteiger partial charge in [-0.25, -0.2) is 4.79 Å². The van der Waals surface area contributed by atoms with Gasteiger partial charge in [0.05, 0.1) is 5.66 Å². The summed E-state index contributed by atoms with van der Waals surface area (Å²) in [6.45, 7) is 16.1. The topological polar surface area (TPSA) is 56.8 Å². The molecule has 2 aliphatic heterocycles. The Balaban J connectivity index is 1.85. The van der Waals surface area contributed by atoms with Gasteiger partial charge in [0.1, 0.15) is 5.60 Å². The minimum Gasteiger partial charge on any atom is -0.444 e. The molecule has 6 nitrogen and oxygen atoms in total. The smallest absolute Gasteiger partial charge is 0.410 e. The van der Waals surface area contributed by atoms with Gasteiger partial charge in [0.2, 0.25) is 0 Å². The molecule has 2 rings (SSSR count). The number of hydrogen-bond acceptors (Lipinski definition) is 5. The summed E-state index contributed by atoms with van der Waals surface area (Å²) in [6, 6.07) is 0. The van der Waals surface area contributed by atoms with Crippen molar-refractivity contribution in [3.05, 3.63) is 0 Å². The Morgan fingerprint density at radius 2 is 1.93 bits per heavy atom. The van der Waals surface area contributed by atoms with E-state index >= 15 is 0 Å². The van der Waals surface area contributed by atoms with Crippen LogP contribution in [0.5, 0.6) is 0 Å². The van der Waals surface area contributed by atoms with Crippen molar-refractivity contribution >= 4 is 6.09 Å². The highest BCUT2D eigenvalue weighted by Crippen LogP contribution is 2.29. The van der Waals surface area contributed by atoms with Gasteiger partial charge in [-0.05, 0) is 91.9 Å². The number of likely N-dealkylation sites (tertiary alicyclic amines) is 2. The van der Waals surface area contributed by atoms with Crippen molar-refractivity contribution in [1.82, 2.24) is 20.4 Å². The van der Waals surface area contributed by atoms with Crippen LogP contribution < -0.4 is 10.6 Å². The van der Waals surface area contributed by atoms with Gasteiger partial charge >= 0.3 is 6.09 Å². The maximum atomic E-state index is 12.4. The first-order chi connectivity index (χ1) is 12.6. The summed E-state index contributed by atoms with van der Waals surface area (Å²) in [5.41, 5.74) is -0.394. The molecule has 27 heavy (non-hydrogen) atoms. The zero-order valence-corrected chi connectivity index (χ0v) is 18.4. The predicted molar refractivity (Wildman–Crippen MR) is 111 cm³/mol. The molecular weight excluding hydrogens is 340 g/mol. The molecule has 3 unspecified atom stereocenters. The van der Waals surface area contributed by atoms with Gasteiger partial charge in [-0.1, -0.05) is 6.92 Å². The Labute approximate surface area is 166 Å². The van der Waals surface area contributed by atoms with Crippen molar-refractivity contribution < 1.29 is 9.53 Å². The van der Waals surface area contributed by atoms with Gasteiger partial charge in [0.25, 0.3) is 0 Å². The molecule has 0 saturated carbocycles. The Morgan fingerprint density at radius 1 is 1.19 bits per heavy atom. The lowest BCUT2D eigenvalue weighted by Gasteiger charge is -2.47. The first kappa shape index (κ1) is 22.4. The molecule has 2 N–H and O–H groups in total. The fourth-order valence-corrected chi connectivity index (χ4v) is 4.26. The lowest BCUT2D eigenvalue weighted by Crippen LogP contribution is -2.61. The monoisotopic (exact) mass is 382 g/mol. The maximum Gasteiger partial charge on any atom is 0.410 e. The van der Waals surface area contributed by atoms with Gasteiger partial charge in [0, 0.05) is 19.6 Å². The van der Waals surface area contributed by atoms with Crippen molar-refractivity contribution in [1.29, 1.82) is 0 Å². The van der Waals surface area contributed by atoms with Crippen LogP contribution in [-0.4, -0.2) is 73.5 Å². The molecule has 0 aromatic carbocycles. The lowest BCUT2D eigenvalue weighted by molar-refractivity contribution is 0.00892. The van der Waals surface area contributed by atoms with E-state index in [1.54, 1.807) is 0 Å². The summed E-state index contributed by atoms with van der Waals surface area (Å²) in [5, 5.41) is 7.36. The molecule has 0 spiro atoms. The van der Waals surface area contributed by atoms with E-state index < -0.39 is 5.60 Å². The van der Waals surface area contributed by atoms with Crippen LogP contribution in [0.3, 0.4) is 0 Å². The molecule has 2 aliphatic rings. The number of nitrogens with one attached hydrogen (secondary N) is 2. The van der Waals surface area contributed by atoms with E-state index in [2.05, 4.69) is 36.4 Å². The fourth-order valence-electron chi connectivity index (χ4n) is 4.26. The molecule has 6 heteroatoms. The summed E-state index contributed by atoms with van der Waals surface area (Å²) in [4.78, 5) is 16.7. The standard InChI is InChI=1S/C21H42N4O2/c1-7-22-14-17-10-12-24(6)21(5,13-17)23-15-18-9-8-11-25(16-18)19(26)27-20(2,3)4/h17-18,22-23H,7-16H2,1-6H3. The molecule has 2 fully saturated rings. The second kappa shape index (κ2) is 9.57. The quantitative estimate of drug-likeness (QED) is 0.740. The van der Waals surface area contributed by atoms with Crippen LogP contribution in [0, 0.1) is 11.8 Å². The molecule has 0 aromatic rings. The van der Waals surface area contributed by atoms with Gasteiger partial charge in [-0.15, -0.1) is 0 Å². The highest BCUT2D eigenvalue weighted by Gasteiger charge is 2.37. The number of amides is 1. The Kier molecular flexibility index (Phi) is 7.95. The number of carbonyl (C=O) groups is 1. The molecule has 0 aliphatic carbocycles. The molecule has 0 bridgehead atoms. The summed E-state index contributed by atoms with van der Waals surface area (Å²) >= 11 is 0. The van der Waals surface area contributed by atoms with E-state index in [4.69, 9.17) is 4.74 Å². The zero-order chi connectivity index (χ0) is 20.1. The molecule has 1 amide bonds. The van der Waals surface area contributed by atoms with Gasteiger partial charge < -0.3 is 15.0 Å². The van der Waals surface area contributed by atoms with E-state index in [0.717, 1.165) is 51.6 Å². The molecule has 3 atom stereocenters. The van der Waals surface area contributed by atoms with E-state index in [0.29, 0.717) is 5.92 Å². The third-order valence-electron chi connectivity index (χ3n) is 6.03. The highest BCUT2D eigenvalue weighted by molar-refractivity contribution is 5.68. The first-order valence-electron chi connectivity index (χ1n) is 10.8. The normalized spacial score (nSPS) is 30.4. The van der Waals surface area contributed by atoms with Crippen molar-refractivity contribution in [3.8, 4) is 0 Å². The van der Waals surface area contributed by atoms with Crippen molar-refractivity contribution in [2.24, 2.45) is 11.8 Å². The molecular formula is C21H42N4O2. The first-order valence-corrected chi connectivity index (χ1v) is 10.8. The van der Waals surface area contributed by atoms with Crippen LogP contribution >= 0.6 is 0 Å². The molecule has 2 saturated heterocycles. The Morgan fingerprint density at radius 3 is 2.59 bits per heavy atom. The fraction of sp³-hybridized carbons (Fsp3) is 0.952. The maximum absolute atomic E-state index is 12.4. The summed E-state index contributed by atoms with van der Waals surface area (Å²) in [5.74, 6) is 1.22. The third-order valence-corrected chi connectivity index (χ3v) is 6.03. The SMILES string of the molecule is CCNCC1CCN(C)C(C)(NCC2CCCN(C(=O)OC(C)(C)C)C2)C1. The van der Waals surface area contributed by atoms with Crippen molar-refractivity contribution in [2.45, 2.75) is 71.6 Å². The number of hydrogen-bond donors (Lipinski definition) is 2. The summed E-state index contributed by atoms with van der Waals surface area (Å²) in [7, 11) is 2.23.